The topological polar surface area (TPSA) is 109 Å². The number of carbonyl (C=O) groups excluding carboxylic acids is 1. The molecule has 0 aliphatic heterocycles. The second-order valence-corrected chi connectivity index (χ2v) is 7.27. The zero-order valence-electron chi connectivity index (χ0n) is 14.5. The summed E-state index contributed by atoms with van der Waals surface area (Å²) in [6, 6.07) is 3.69. The van der Waals surface area contributed by atoms with E-state index in [-0.39, 0.29) is 12.1 Å². The lowest BCUT2D eigenvalue weighted by Gasteiger charge is -2.42. The maximum absolute atomic E-state index is 11.6. The van der Waals surface area contributed by atoms with Crippen molar-refractivity contribution >= 4 is 17.8 Å². The van der Waals surface area contributed by atoms with Crippen LogP contribution in [0, 0.1) is 0 Å². The molecule has 1 aliphatic carbocycles. The molecule has 4 N–H and O–H groups in total. The lowest BCUT2D eigenvalue weighted by Crippen LogP contribution is -2.52. The normalized spacial score (nSPS) is 21.1. The zero-order chi connectivity index (χ0) is 17.9. The number of nitrogens with two attached hydrogens (primary N) is 1. The summed E-state index contributed by atoms with van der Waals surface area (Å²) in [6.07, 6.45) is 4.00. The monoisotopic (exact) mass is 334 g/mol. The molecule has 1 aromatic heterocycles. The smallest absolute Gasteiger partial charge is 0.407 e. The summed E-state index contributed by atoms with van der Waals surface area (Å²) >= 11 is 0. The van der Waals surface area contributed by atoms with Gasteiger partial charge in [0.2, 0.25) is 5.91 Å². The molecule has 1 fully saturated rings. The second kappa shape index (κ2) is 7.07. The van der Waals surface area contributed by atoms with Crippen LogP contribution in [0.1, 0.15) is 56.8 Å². The number of anilines is 1. The van der Waals surface area contributed by atoms with Crippen molar-refractivity contribution in [3.8, 4) is 0 Å². The van der Waals surface area contributed by atoms with Crippen molar-refractivity contribution in [3.63, 3.8) is 0 Å². The molecular weight excluding hydrogens is 308 g/mol. The maximum Gasteiger partial charge on any atom is 0.407 e. The summed E-state index contributed by atoms with van der Waals surface area (Å²) in [5.41, 5.74) is 5.18. The number of hydrogen-bond donors (Lipinski definition) is 3. The summed E-state index contributed by atoms with van der Waals surface area (Å²) in [4.78, 5) is 28.4. The van der Waals surface area contributed by atoms with Crippen LogP contribution in [0.5, 0.6) is 0 Å². The first-order valence-electron chi connectivity index (χ1n) is 8.23. The highest BCUT2D eigenvalue weighted by Gasteiger charge is 2.35. The van der Waals surface area contributed by atoms with Gasteiger partial charge < -0.3 is 21.1 Å². The minimum atomic E-state index is -0.859. The Bertz CT molecular complexity index is 587. The average molecular weight is 334 g/mol. The van der Waals surface area contributed by atoms with Crippen LogP contribution in [0.4, 0.5) is 10.6 Å². The summed E-state index contributed by atoms with van der Waals surface area (Å²) in [5.74, 6) is 0.208. The SMILES string of the molecule is CC(C)(C)N(C(=O)O)[C@H]1CC[C@H](Nc2ccc(C(N)=O)cn2)CC1. The molecule has 0 saturated heterocycles. The molecule has 0 radical (unpaired) electrons. The predicted octanol–water partition coefficient (Wildman–Crippen LogP) is 2.68. The Balaban J connectivity index is 1.92. The first kappa shape index (κ1) is 18.0. The highest BCUT2D eigenvalue weighted by atomic mass is 16.4. The zero-order valence-corrected chi connectivity index (χ0v) is 14.5. The predicted molar refractivity (Wildman–Crippen MR) is 92.0 cm³/mol. The number of pyridine rings is 1. The number of nitrogens with one attached hydrogen (secondary N) is 1. The van der Waals surface area contributed by atoms with Gasteiger partial charge in [0, 0.05) is 23.8 Å². The molecule has 1 aromatic rings. The summed E-state index contributed by atoms with van der Waals surface area (Å²) in [6.45, 7) is 5.78. The number of carboxylic acid groups (broad SMARTS) is 1. The van der Waals surface area contributed by atoms with Gasteiger partial charge in [-0.25, -0.2) is 9.78 Å². The number of hydrogen-bond acceptors (Lipinski definition) is 4. The highest BCUT2D eigenvalue weighted by Crippen LogP contribution is 2.29. The van der Waals surface area contributed by atoms with E-state index >= 15 is 0 Å². The lowest BCUT2D eigenvalue weighted by atomic mass is 9.88. The Morgan fingerprint density at radius 1 is 1.25 bits per heavy atom. The molecule has 7 nitrogen and oxygen atoms in total. The first-order chi connectivity index (χ1) is 11.2. The van der Waals surface area contributed by atoms with E-state index in [1.807, 2.05) is 20.8 Å². The molecule has 2 rings (SSSR count). The van der Waals surface area contributed by atoms with Crippen molar-refractivity contribution in [1.29, 1.82) is 0 Å². The van der Waals surface area contributed by atoms with Crippen LogP contribution in [0.15, 0.2) is 18.3 Å². The first-order valence-corrected chi connectivity index (χ1v) is 8.23. The van der Waals surface area contributed by atoms with Crippen molar-refractivity contribution in [2.75, 3.05) is 5.32 Å². The average Bonchev–Trinajstić information content (AvgIpc) is 2.48. The number of aromatic nitrogens is 1. The molecule has 1 saturated carbocycles. The molecule has 1 heterocycles. The third kappa shape index (κ3) is 4.37. The number of primary amides is 1. The van der Waals surface area contributed by atoms with E-state index in [1.165, 1.54) is 6.20 Å². The fraction of sp³-hybridized carbons (Fsp3) is 0.588. The fourth-order valence-corrected chi connectivity index (χ4v) is 3.30. The summed E-state index contributed by atoms with van der Waals surface area (Å²) in [7, 11) is 0. The Morgan fingerprint density at radius 2 is 1.88 bits per heavy atom. The molecule has 0 bridgehead atoms. The van der Waals surface area contributed by atoms with Gasteiger partial charge in [-0.3, -0.25) is 4.79 Å². The van der Waals surface area contributed by atoms with E-state index in [0.29, 0.717) is 11.4 Å². The standard InChI is InChI=1S/C17H26N4O3/c1-17(2,3)21(16(23)24)13-7-5-12(6-8-13)20-14-9-4-11(10-19-14)15(18)22/h4,9-10,12-13H,5-8H2,1-3H3,(H2,18,22)(H,19,20)(H,23,24)/t12-,13-. The second-order valence-electron chi connectivity index (χ2n) is 7.27. The van der Waals surface area contributed by atoms with Gasteiger partial charge in [-0.05, 0) is 58.6 Å². The van der Waals surface area contributed by atoms with Crippen molar-refractivity contribution in [3.05, 3.63) is 23.9 Å². The summed E-state index contributed by atoms with van der Waals surface area (Å²) in [5, 5.41) is 12.8. The quantitative estimate of drug-likeness (QED) is 0.784. The van der Waals surface area contributed by atoms with E-state index in [1.54, 1.807) is 17.0 Å². The number of carbonyl (C=O) groups is 2. The van der Waals surface area contributed by atoms with Crippen LogP contribution in [0.25, 0.3) is 0 Å². The molecule has 24 heavy (non-hydrogen) atoms. The van der Waals surface area contributed by atoms with Gasteiger partial charge in [-0.15, -0.1) is 0 Å². The number of nitrogens with zero attached hydrogens (tertiary/aromatic N) is 2. The molecule has 0 atom stereocenters. The van der Waals surface area contributed by atoms with Crippen LogP contribution in [-0.4, -0.2) is 44.6 Å². The Labute approximate surface area is 142 Å². The maximum atomic E-state index is 11.6. The number of amides is 2. The largest absolute Gasteiger partial charge is 0.465 e. The van der Waals surface area contributed by atoms with Gasteiger partial charge in [0.05, 0.1) is 5.56 Å². The Kier molecular flexibility index (Phi) is 5.31. The highest BCUT2D eigenvalue weighted by molar-refractivity contribution is 5.92. The van der Waals surface area contributed by atoms with Gasteiger partial charge >= 0.3 is 6.09 Å². The van der Waals surface area contributed by atoms with Crippen LogP contribution in [-0.2, 0) is 0 Å². The minimum Gasteiger partial charge on any atom is -0.465 e. The summed E-state index contributed by atoms with van der Waals surface area (Å²) < 4.78 is 0. The van der Waals surface area contributed by atoms with Crippen LogP contribution < -0.4 is 11.1 Å². The number of rotatable bonds is 4. The van der Waals surface area contributed by atoms with Gasteiger partial charge in [0.15, 0.2) is 0 Å². The van der Waals surface area contributed by atoms with Gasteiger partial charge in [0.1, 0.15) is 5.82 Å². The van der Waals surface area contributed by atoms with E-state index in [0.717, 1.165) is 25.7 Å². The van der Waals surface area contributed by atoms with Crippen molar-refractivity contribution < 1.29 is 14.7 Å². The molecule has 132 valence electrons. The molecule has 0 spiro atoms. The Hall–Kier alpha value is -2.31. The van der Waals surface area contributed by atoms with Gasteiger partial charge in [0.25, 0.3) is 0 Å². The van der Waals surface area contributed by atoms with Crippen molar-refractivity contribution in [2.45, 2.75) is 64.1 Å². The third-order valence-electron chi connectivity index (χ3n) is 4.39. The van der Waals surface area contributed by atoms with Gasteiger partial charge in [-0.1, -0.05) is 0 Å². The third-order valence-corrected chi connectivity index (χ3v) is 4.39. The molecule has 7 heteroatoms. The van der Waals surface area contributed by atoms with Crippen molar-refractivity contribution in [1.82, 2.24) is 9.88 Å². The molecular formula is C17H26N4O3. The van der Waals surface area contributed by atoms with Crippen LogP contribution >= 0.6 is 0 Å². The van der Waals surface area contributed by atoms with Crippen LogP contribution in [0.3, 0.4) is 0 Å². The van der Waals surface area contributed by atoms with Crippen LogP contribution in [0.2, 0.25) is 0 Å². The van der Waals surface area contributed by atoms with E-state index < -0.39 is 17.5 Å². The Morgan fingerprint density at radius 3 is 2.29 bits per heavy atom. The van der Waals surface area contributed by atoms with E-state index in [9.17, 15) is 14.7 Å². The minimum absolute atomic E-state index is 0.0470. The van der Waals surface area contributed by atoms with E-state index in [2.05, 4.69) is 10.3 Å². The lowest BCUT2D eigenvalue weighted by molar-refractivity contribution is 0.0556. The molecule has 0 aromatic carbocycles. The fourth-order valence-electron chi connectivity index (χ4n) is 3.30. The van der Waals surface area contributed by atoms with E-state index in [4.69, 9.17) is 5.73 Å². The molecule has 0 unspecified atom stereocenters. The van der Waals surface area contributed by atoms with Gasteiger partial charge in [-0.2, -0.15) is 0 Å². The molecule has 2 amide bonds. The molecule has 1 aliphatic rings. The van der Waals surface area contributed by atoms with Crippen molar-refractivity contribution in [2.24, 2.45) is 5.73 Å².